The van der Waals surface area contributed by atoms with Crippen molar-refractivity contribution in [1.82, 2.24) is 20.3 Å². The Morgan fingerprint density at radius 1 is 1.11 bits per heavy atom. The lowest BCUT2D eigenvalue weighted by molar-refractivity contribution is -0.143. The summed E-state index contributed by atoms with van der Waals surface area (Å²) in [4.78, 5) is 36.1. The Kier molecular flexibility index (Phi) is 7.01. The lowest BCUT2D eigenvalue weighted by Gasteiger charge is -2.26. The van der Waals surface area contributed by atoms with Crippen LogP contribution in [0.25, 0.3) is 10.4 Å². The van der Waals surface area contributed by atoms with Crippen LogP contribution in [0.5, 0.6) is 0 Å². The monoisotopic (exact) mass is 505 g/mol. The van der Waals surface area contributed by atoms with Gasteiger partial charge in [0, 0.05) is 24.1 Å². The largest absolute Gasteiger partial charge is 0.481 e. The van der Waals surface area contributed by atoms with E-state index in [2.05, 4.69) is 25.6 Å². The number of alkyl halides is 3. The quantitative estimate of drug-likeness (QED) is 0.429. The molecular weight excluding hydrogens is 483 g/mol. The van der Waals surface area contributed by atoms with E-state index in [1.54, 1.807) is 18.3 Å². The summed E-state index contributed by atoms with van der Waals surface area (Å²) >= 11 is 1.19. The molecule has 1 aliphatic carbocycles. The van der Waals surface area contributed by atoms with Gasteiger partial charge in [-0.1, -0.05) is 6.07 Å². The zero-order chi connectivity index (χ0) is 25.2. The first-order valence-electron chi connectivity index (χ1n) is 10.9. The molecule has 184 valence electrons. The lowest BCUT2D eigenvalue weighted by Crippen LogP contribution is -2.38. The van der Waals surface area contributed by atoms with Crippen LogP contribution in [0, 0.1) is 12.8 Å². The van der Waals surface area contributed by atoms with E-state index in [1.165, 1.54) is 11.3 Å². The first-order chi connectivity index (χ1) is 16.6. The molecule has 0 unspecified atom stereocenters. The van der Waals surface area contributed by atoms with Crippen LogP contribution in [0.15, 0.2) is 36.7 Å². The number of nitrogens with one attached hydrogen (secondary N) is 2. The van der Waals surface area contributed by atoms with Crippen LogP contribution < -0.4 is 10.6 Å². The van der Waals surface area contributed by atoms with Crippen LogP contribution in [0.3, 0.4) is 0 Å². The number of amides is 1. The molecule has 0 aliphatic heterocycles. The number of aryl methyl sites for hydroxylation is 1. The van der Waals surface area contributed by atoms with Crippen molar-refractivity contribution < 1.29 is 27.9 Å². The molecule has 2 aromatic heterocycles. The molecule has 0 radical (unpaired) electrons. The molecule has 1 aromatic carbocycles. The molecule has 8 nitrogen and oxygen atoms in total. The number of hydrogen-bond donors (Lipinski definition) is 3. The molecule has 3 aromatic rings. The second-order valence-corrected chi connectivity index (χ2v) is 9.40. The fourth-order valence-electron chi connectivity index (χ4n) is 3.95. The van der Waals surface area contributed by atoms with E-state index >= 15 is 0 Å². The van der Waals surface area contributed by atoms with Gasteiger partial charge >= 0.3 is 12.1 Å². The number of carboxylic acid groups (broad SMARTS) is 1. The number of carboxylic acids is 1. The Balaban J connectivity index is 1.46. The highest BCUT2D eigenvalue weighted by Crippen LogP contribution is 2.32. The number of rotatable bonds is 6. The number of carbonyl (C=O) groups is 2. The minimum absolute atomic E-state index is 0.0901. The van der Waals surface area contributed by atoms with Gasteiger partial charge in [-0.25, -0.2) is 15.0 Å². The zero-order valence-corrected chi connectivity index (χ0v) is 19.4. The lowest BCUT2D eigenvalue weighted by atomic mass is 9.86. The Hall–Kier alpha value is -3.54. The second kappa shape index (κ2) is 9.98. The number of aliphatic carboxylic acids is 1. The fourth-order valence-corrected chi connectivity index (χ4v) is 4.75. The van der Waals surface area contributed by atoms with Crippen LogP contribution in [0.1, 0.15) is 46.7 Å². The summed E-state index contributed by atoms with van der Waals surface area (Å²) in [5.41, 5.74) is 1.02. The van der Waals surface area contributed by atoms with Gasteiger partial charge in [0.1, 0.15) is 5.69 Å². The highest BCUT2D eigenvalue weighted by atomic mass is 32.1. The van der Waals surface area contributed by atoms with Gasteiger partial charge in [0.15, 0.2) is 5.01 Å². The van der Waals surface area contributed by atoms with E-state index < -0.39 is 17.8 Å². The highest BCUT2D eigenvalue weighted by Gasteiger charge is 2.33. The summed E-state index contributed by atoms with van der Waals surface area (Å²) < 4.78 is 38.8. The normalized spacial score (nSPS) is 18.2. The van der Waals surface area contributed by atoms with E-state index in [4.69, 9.17) is 5.11 Å². The van der Waals surface area contributed by atoms with Gasteiger partial charge in [-0.05, 0) is 61.9 Å². The maximum atomic E-state index is 12.9. The first kappa shape index (κ1) is 24.6. The molecule has 0 spiro atoms. The molecule has 12 heteroatoms. The third-order valence-electron chi connectivity index (χ3n) is 5.68. The standard InChI is InChI=1S/C23H22F3N5O3S/c1-12-8-14(10-16(9-12)30-22-27-7-6-18(31-22)23(24,25)26)17-11-28-20(35-17)19(32)29-15-4-2-13(3-5-15)21(33)34/h6-11,13,15H,2-5H2,1H3,(H,29,32)(H,33,34)(H,27,30,31). The van der Waals surface area contributed by atoms with Crippen LogP contribution in [-0.2, 0) is 11.0 Å². The van der Waals surface area contributed by atoms with E-state index in [1.807, 2.05) is 13.0 Å². The number of halogens is 3. The summed E-state index contributed by atoms with van der Waals surface area (Å²) in [5.74, 6) is -1.66. The Morgan fingerprint density at radius 3 is 2.54 bits per heavy atom. The number of hydrogen-bond acceptors (Lipinski definition) is 7. The third kappa shape index (κ3) is 6.13. The first-order valence-corrected chi connectivity index (χ1v) is 11.7. The molecule has 2 heterocycles. The minimum atomic E-state index is -4.58. The predicted molar refractivity (Wildman–Crippen MR) is 123 cm³/mol. The number of nitrogens with zero attached hydrogens (tertiary/aromatic N) is 3. The Morgan fingerprint density at radius 2 is 1.86 bits per heavy atom. The van der Waals surface area contributed by atoms with Crippen molar-refractivity contribution in [2.75, 3.05) is 5.32 Å². The Labute approximate surface area is 202 Å². The molecule has 3 N–H and O–H groups in total. The van der Waals surface area contributed by atoms with Crippen molar-refractivity contribution >= 4 is 34.8 Å². The average molecular weight is 506 g/mol. The molecule has 0 atom stereocenters. The average Bonchev–Trinajstić information content (AvgIpc) is 3.29. The molecule has 0 saturated heterocycles. The van der Waals surface area contributed by atoms with Gasteiger partial charge in [0.2, 0.25) is 5.95 Å². The van der Waals surface area contributed by atoms with Crippen molar-refractivity contribution in [2.24, 2.45) is 5.92 Å². The molecule has 1 saturated carbocycles. The number of thiazole rings is 1. The van der Waals surface area contributed by atoms with E-state index in [-0.39, 0.29) is 28.8 Å². The van der Waals surface area contributed by atoms with Gasteiger partial charge in [-0.2, -0.15) is 13.2 Å². The number of carbonyl (C=O) groups excluding carboxylic acids is 1. The van der Waals surface area contributed by atoms with Gasteiger partial charge in [-0.3, -0.25) is 9.59 Å². The maximum Gasteiger partial charge on any atom is 0.433 e. The van der Waals surface area contributed by atoms with E-state index in [0.29, 0.717) is 36.2 Å². The molecule has 35 heavy (non-hydrogen) atoms. The van der Waals surface area contributed by atoms with Crippen molar-refractivity contribution in [3.05, 3.63) is 52.9 Å². The van der Waals surface area contributed by atoms with Crippen molar-refractivity contribution in [1.29, 1.82) is 0 Å². The SMILES string of the molecule is Cc1cc(Nc2nccc(C(F)(F)F)n2)cc(-c2cnc(C(=O)NC3CCC(C(=O)O)CC3)s2)c1. The minimum Gasteiger partial charge on any atom is -0.481 e. The van der Waals surface area contributed by atoms with Crippen LogP contribution in [0.2, 0.25) is 0 Å². The number of benzene rings is 1. The summed E-state index contributed by atoms with van der Waals surface area (Å²) in [6.45, 7) is 1.84. The van der Waals surface area contributed by atoms with Crippen molar-refractivity contribution in [3.63, 3.8) is 0 Å². The number of anilines is 2. The van der Waals surface area contributed by atoms with E-state index in [9.17, 15) is 22.8 Å². The van der Waals surface area contributed by atoms with Gasteiger partial charge in [0.25, 0.3) is 5.91 Å². The number of aromatic nitrogens is 3. The summed E-state index contributed by atoms with van der Waals surface area (Å²) in [6, 6.07) is 6.05. The molecule has 4 rings (SSSR count). The molecule has 1 aliphatic rings. The molecular formula is C23H22F3N5O3S. The van der Waals surface area contributed by atoms with Gasteiger partial charge < -0.3 is 15.7 Å². The topological polar surface area (TPSA) is 117 Å². The van der Waals surface area contributed by atoms with E-state index in [0.717, 1.165) is 23.4 Å². The van der Waals surface area contributed by atoms with Crippen molar-refractivity contribution in [3.8, 4) is 10.4 Å². The van der Waals surface area contributed by atoms with Crippen LogP contribution in [-0.4, -0.2) is 38.0 Å². The Bertz CT molecular complexity index is 1240. The highest BCUT2D eigenvalue weighted by molar-refractivity contribution is 7.17. The third-order valence-corrected chi connectivity index (χ3v) is 6.72. The molecule has 1 amide bonds. The summed E-state index contributed by atoms with van der Waals surface area (Å²) in [5, 5.41) is 15.1. The smallest absolute Gasteiger partial charge is 0.433 e. The van der Waals surface area contributed by atoms with Crippen molar-refractivity contribution in [2.45, 2.75) is 44.8 Å². The summed E-state index contributed by atoms with van der Waals surface area (Å²) in [7, 11) is 0. The fraction of sp³-hybridized carbons (Fsp3) is 0.348. The van der Waals surface area contributed by atoms with Crippen LogP contribution >= 0.6 is 11.3 Å². The van der Waals surface area contributed by atoms with Crippen LogP contribution in [0.4, 0.5) is 24.8 Å². The molecule has 0 bridgehead atoms. The second-order valence-electron chi connectivity index (χ2n) is 8.37. The summed E-state index contributed by atoms with van der Waals surface area (Å²) in [6.07, 6.45) is 0.288. The maximum absolute atomic E-state index is 12.9. The molecule has 1 fully saturated rings. The van der Waals surface area contributed by atoms with Gasteiger partial charge in [0.05, 0.1) is 10.8 Å². The van der Waals surface area contributed by atoms with Gasteiger partial charge in [-0.15, -0.1) is 11.3 Å². The zero-order valence-electron chi connectivity index (χ0n) is 18.6. The predicted octanol–water partition coefficient (Wildman–Crippen LogP) is 5.04.